The number of aromatic nitrogens is 1. The first kappa shape index (κ1) is 22.7. The number of thiocarbonyl (C=S) groups is 1. The monoisotopic (exact) mass is 474 g/mol. The van der Waals surface area contributed by atoms with E-state index in [1.807, 2.05) is 25.1 Å². The van der Waals surface area contributed by atoms with Crippen LogP contribution >= 0.6 is 12.2 Å². The summed E-state index contributed by atoms with van der Waals surface area (Å²) in [5.41, 5.74) is 1.96. The molecule has 0 bridgehead atoms. The number of carbonyl (C=O) groups is 2. The highest BCUT2D eigenvalue weighted by atomic mass is 32.1. The second-order valence-electron chi connectivity index (χ2n) is 7.22. The lowest BCUT2D eigenvalue weighted by Crippen LogP contribution is -2.54. The number of hydrogen-bond donors (Lipinski definition) is 1. The Hall–Kier alpha value is -4.44. The van der Waals surface area contributed by atoms with E-state index in [0.717, 1.165) is 11.8 Å². The molecule has 3 aromatic rings. The van der Waals surface area contributed by atoms with Crippen LogP contribution in [-0.4, -0.2) is 26.8 Å². The Morgan fingerprint density at radius 2 is 1.85 bits per heavy atom. The zero-order valence-corrected chi connectivity index (χ0v) is 18.7. The van der Waals surface area contributed by atoms with E-state index in [9.17, 15) is 19.7 Å². The highest BCUT2D eigenvalue weighted by molar-refractivity contribution is 7.80. The van der Waals surface area contributed by atoms with Crippen molar-refractivity contribution in [1.82, 2.24) is 10.3 Å². The van der Waals surface area contributed by atoms with Crippen LogP contribution in [0.5, 0.6) is 11.6 Å². The molecule has 1 aliphatic heterocycles. The molecule has 34 heavy (non-hydrogen) atoms. The first-order chi connectivity index (χ1) is 16.4. The normalized spacial score (nSPS) is 14.8. The molecule has 0 aliphatic carbocycles. The summed E-state index contributed by atoms with van der Waals surface area (Å²) in [7, 11) is 0. The minimum atomic E-state index is -0.573. The minimum absolute atomic E-state index is 0.0346. The summed E-state index contributed by atoms with van der Waals surface area (Å²) in [6.07, 6.45) is 3.28. The van der Waals surface area contributed by atoms with E-state index in [4.69, 9.17) is 17.0 Å². The van der Waals surface area contributed by atoms with Crippen LogP contribution in [0.1, 0.15) is 18.1 Å². The average molecular weight is 474 g/mol. The number of carbonyl (C=O) groups excluding carboxylic acids is 2. The van der Waals surface area contributed by atoms with Gasteiger partial charge in [-0.25, -0.2) is 4.98 Å². The number of benzene rings is 2. The van der Waals surface area contributed by atoms with E-state index in [1.54, 1.807) is 30.3 Å². The third kappa shape index (κ3) is 4.66. The number of amides is 2. The Morgan fingerprint density at radius 3 is 2.50 bits per heavy atom. The number of nitro groups is 1. The molecule has 1 N–H and O–H groups in total. The maximum Gasteiger partial charge on any atom is 0.287 e. The van der Waals surface area contributed by atoms with Gasteiger partial charge in [0.25, 0.3) is 17.5 Å². The molecule has 0 spiro atoms. The summed E-state index contributed by atoms with van der Waals surface area (Å²) in [5.74, 6) is -0.458. The molecule has 1 fully saturated rings. The maximum atomic E-state index is 13.2. The third-order valence-corrected chi connectivity index (χ3v) is 5.34. The lowest BCUT2D eigenvalue weighted by atomic mass is 10.0. The van der Waals surface area contributed by atoms with Gasteiger partial charge in [-0.15, -0.1) is 0 Å². The predicted molar refractivity (Wildman–Crippen MR) is 129 cm³/mol. The summed E-state index contributed by atoms with van der Waals surface area (Å²) in [4.78, 5) is 41.2. The van der Waals surface area contributed by atoms with Crippen molar-refractivity contribution < 1.29 is 19.2 Å². The minimum Gasteiger partial charge on any atom is -0.439 e. The molecular formula is C24H18N4O5S. The summed E-state index contributed by atoms with van der Waals surface area (Å²) < 4.78 is 5.59. The predicted octanol–water partition coefficient (Wildman–Crippen LogP) is 4.18. The molecular weight excluding hydrogens is 456 g/mol. The summed E-state index contributed by atoms with van der Waals surface area (Å²) in [6.45, 7) is 1.97. The first-order valence-electron chi connectivity index (χ1n) is 10.2. The van der Waals surface area contributed by atoms with E-state index in [-0.39, 0.29) is 22.3 Å². The van der Waals surface area contributed by atoms with Gasteiger partial charge in [0.2, 0.25) is 5.88 Å². The Balaban J connectivity index is 1.56. The number of anilines is 1. The summed E-state index contributed by atoms with van der Waals surface area (Å²) in [5, 5.41) is 13.3. The van der Waals surface area contributed by atoms with Crippen LogP contribution in [-0.2, 0) is 16.0 Å². The molecule has 0 radical (unpaired) electrons. The van der Waals surface area contributed by atoms with Crippen molar-refractivity contribution in [2.24, 2.45) is 0 Å². The second-order valence-corrected chi connectivity index (χ2v) is 7.61. The van der Waals surface area contributed by atoms with Gasteiger partial charge >= 0.3 is 0 Å². The van der Waals surface area contributed by atoms with Crippen LogP contribution in [0.2, 0.25) is 0 Å². The largest absolute Gasteiger partial charge is 0.439 e. The van der Waals surface area contributed by atoms with Gasteiger partial charge in [0.05, 0.1) is 10.6 Å². The highest BCUT2D eigenvalue weighted by Crippen LogP contribution is 2.27. The lowest BCUT2D eigenvalue weighted by Gasteiger charge is -2.30. The third-order valence-electron chi connectivity index (χ3n) is 5.06. The SMILES string of the molecule is CCc1ccccc1N1C(=O)/C(=C/c2ccc(Oc3ccc([N+](=O)[O-])cn3)cc2)C(=O)NC1=S. The molecule has 2 heterocycles. The van der Waals surface area contributed by atoms with Crippen molar-refractivity contribution in [3.63, 3.8) is 0 Å². The molecule has 0 saturated carbocycles. The van der Waals surface area contributed by atoms with E-state index in [1.165, 1.54) is 23.1 Å². The molecule has 4 rings (SSSR count). The number of nitrogens with zero attached hydrogens (tertiary/aromatic N) is 3. The number of hydrogen-bond acceptors (Lipinski definition) is 7. The van der Waals surface area contributed by atoms with E-state index < -0.39 is 16.7 Å². The molecule has 170 valence electrons. The average Bonchev–Trinajstić information content (AvgIpc) is 2.83. The number of rotatable bonds is 6. The van der Waals surface area contributed by atoms with Crippen LogP contribution in [0.4, 0.5) is 11.4 Å². The second kappa shape index (κ2) is 9.59. The lowest BCUT2D eigenvalue weighted by molar-refractivity contribution is -0.385. The number of para-hydroxylation sites is 1. The molecule has 1 saturated heterocycles. The maximum absolute atomic E-state index is 13.2. The van der Waals surface area contributed by atoms with Gasteiger partial charge in [-0.1, -0.05) is 37.3 Å². The van der Waals surface area contributed by atoms with Crippen molar-refractivity contribution in [3.05, 3.63) is 93.7 Å². The Labute approximate surface area is 199 Å². The van der Waals surface area contributed by atoms with Crippen molar-refractivity contribution in [1.29, 1.82) is 0 Å². The molecule has 1 aliphatic rings. The first-order valence-corrected chi connectivity index (χ1v) is 10.7. The van der Waals surface area contributed by atoms with Crippen LogP contribution in [0.3, 0.4) is 0 Å². The van der Waals surface area contributed by atoms with Gasteiger partial charge in [-0.2, -0.15) is 0 Å². The van der Waals surface area contributed by atoms with Crippen LogP contribution < -0.4 is 15.0 Å². The smallest absolute Gasteiger partial charge is 0.287 e. The molecule has 0 atom stereocenters. The van der Waals surface area contributed by atoms with Crippen LogP contribution in [0.15, 0.2) is 72.4 Å². The van der Waals surface area contributed by atoms with E-state index in [2.05, 4.69) is 10.3 Å². The fourth-order valence-electron chi connectivity index (χ4n) is 3.36. The van der Waals surface area contributed by atoms with Gasteiger partial charge in [0.15, 0.2) is 5.11 Å². The van der Waals surface area contributed by atoms with Crippen molar-refractivity contribution in [2.75, 3.05) is 4.90 Å². The standard InChI is InChI=1S/C24H18N4O5S/c1-2-16-5-3-4-6-20(16)27-23(30)19(22(29)26-24(27)34)13-15-7-10-18(11-8-15)33-21-12-9-17(14-25-21)28(31)32/h3-14H,2H2,1H3,(H,26,29,34)/b19-13+. The molecule has 2 aromatic carbocycles. The molecule has 9 nitrogen and oxygen atoms in total. The van der Waals surface area contributed by atoms with Gasteiger partial charge in [-0.3, -0.25) is 29.9 Å². The van der Waals surface area contributed by atoms with Crippen molar-refractivity contribution in [3.8, 4) is 11.6 Å². The number of ether oxygens (including phenoxy) is 1. The van der Waals surface area contributed by atoms with Gasteiger partial charge in [0.1, 0.15) is 17.5 Å². The van der Waals surface area contributed by atoms with Gasteiger partial charge < -0.3 is 4.74 Å². The highest BCUT2D eigenvalue weighted by Gasteiger charge is 2.35. The summed E-state index contributed by atoms with van der Waals surface area (Å²) >= 11 is 5.28. The fourth-order valence-corrected chi connectivity index (χ4v) is 3.64. The van der Waals surface area contributed by atoms with Crippen molar-refractivity contribution in [2.45, 2.75) is 13.3 Å². The van der Waals surface area contributed by atoms with E-state index >= 15 is 0 Å². The van der Waals surface area contributed by atoms with E-state index in [0.29, 0.717) is 23.4 Å². The number of nitrogens with one attached hydrogen (secondary N) is 1. The number of pyridine rings is 1. The quantitative estimate of drug-likeness (QED) is 0.187. The fraction of sp³-hybridized carbons (Fsp3) is 0.0833. The Kier molecular flexibility index (Phi) is 6.42. The van der Waals surface area contributed by atoms with Crippen molar-refractivity contribution >= 4 is 46.6 Å². The van der Waals surface area contributed by atoms with Crippen LogP contribution in [0.25, 0.3) is 6.08 Å². The topological polar surface area (TPSA) is 115 Å². The zero-order valence-electron chi connectivity index (χ0n) is 17.9. The zero-order chi connectivity index (χ0) is 24.2. The van der Waals surface area contributed by atoms with Crippen LogP contribution in [0, 0.1) is 10.1 Å². The van der Waals surface area contributed by atoms with Gasteiger partial charge in [-0.05, 0) is 54.0 Å². The molecule has 2 amide bonds. The Bertz CT molecular complexity index is 1320. The molecule has 1 aromatic heterocycles. The molecule has 10 heteroatoms. The molecule has 0 unspecified atom stereocenters. The number of aryl methyl sites for hydroxylation is 1. The summed E-state index contributed by atoms with van der Waals surface area (Å²) in [6, 6.07) is 16.7. The Morgan fingerprint density at radius 1 is 1.12 bits per heavy atom. The van der Waals surface area contributed by atoms with Gasteiger partial charge in [0, 0.05) is 12.1 Å².